The average molecular weight is 912 g/mol. The van der Waals surface area contributed by atoms with Gasteiger partial charge in [0, 0.05) is 33.3 Å². The second-order valence-corrected chi connectivity index (χ2v) is 21.4. The highest BCUT2D eigenvalue weighted by Crippen LogP contribution is 2.64. The quantitative estimate of drug-likeness (QED) is 0.165. The van der Waals surface area contributed by atoms with Crippen molar-refractivity contribution in [3.05, 3.63) is 258 Å². The topological polar surface area (TPSA) is 16.4 Å². The van der Waals surface area contributed by atoms with E-state index in [1.807, 2.05) is 6.07 Å². The molecule has 0 saturated carbocycles. The lowest BCUT2D eigenvalue weighted by atomic mass is 9.61. The molecule has 3 aliphatic rings. The van der Waals surface area contributed by atoms with E-state index in [0.29, 0.717) is 0 Å². The van der Waals surface area contributed by atoms with Crippen molar-refractivity contribution in [2.24, 2.45) is 0 Å². The Bertz CT molecular complexity index is 3880. The summed E-state index contributed by atoms with van der Waals surface area (Å²) in [6.07, 6.45) is 2.36. The number of rotatable bonds is 6. The van der Waals surface area contributed by atoms with E-state index in [4.69, 9.17) is 4.42 Å². The van der Waals surface area contributed by atoms with Crippen molar-refractivity contribution in [2.45, 2.75) is 56.8 Å². The molecule has 0 unspecified atom stereocenters. The van der Waals surface area contributed by atoms with Gasteiger partial charge in [0.15, 0.2) is 0 Å². The average Bonchev–Trinajstić information content (AvgIpc) is 4.06. The lowest BCUT2D eigenvalue weighted by Gasteiger charge is -2.43. The maximum Gasteiger partial charge on any atom is 0.143 e. The Balaban J connectivity index is 1.01. The number of hydrogen-bond acceptors (Lipinski definition) is 2. The maximum absolute atomic E-state index is 6.56. The molecule has 71 heavy (non-hydrogen) atoms. The summed E-state index contributed by atoms with van der Waals surface area (Å²) in [6.45, 7) is 9.71. The second-order valence-electron chi connectivity index (χ2n) is 21.4. The third-order valence-electron chi connectivity index (χ3n) is 16.6. The Hall–Kier alpha value is -8.20. The van der Waals surface area contributed by atoms with Gasteiger partial charge >= 0.3 is 0 Å². The zero-order valence-electron chi connectivity index (χ0n) is 40.6. The highest BCUT2D eigenvalue weighted by molar-refractivity contribution is 6.09. The van der Waals surface area contributed by atoms with Gasteiger partial charge in [0.2, 0.25) is 0 Å². The van der Waals surface area contributed by atoms with E-state index in [1.54, 1.807) is 0 Å². The largest absolute Gasteiger partial charge is 0.455 e. The van der Waals surface area contributed by atoms with Gasteiger partial charge in [-0.25, -0.2) is 0 Å². The van der Waals surface area contributed by atoms with E-state index in [0.717, 1.165) is 50.1 Å². The minimum absolute atomic E-state index is 0.0818. The van der Waals surface area contributed by atoms with Crippen LogP contribution in [0.15, 0.2) is 229 Å². The summed E-state index contributed by atoms with van der Waals surface area (Å²) in [4.78, 5) is 2.48. The predicted molar refractivity (Wildman–Crippen MR) is 296 cm³/mol. The Morgan fingerprint density at radius 1 is 0.352 bits per heavy atom. The van der Waals surface area contributed by atoms with Gasteiger partial charge in [-0.05, 0) is 144 Å². The van der Waals surface area contributed by atoms with E-state index < -0.39 is 5.41 Å². The Morgan fingerprint density at radius 2 is 0.831 bits per heavy atom. The molecule has 0 aliphatic heterocycles. The second kappa shape index (κ2) is 15.4. The number of para-hydroxylation sites is 3. The van der Waals surface area contributed by atoms with Crippen molar-refractivity contribution in [2.75, 3.05) is 4.90 Å². The van der Waals surface area contributed by atoms with Crippen molar-refractivity contribution in [3.8, 4) is 55.6 Å². The molecule has 14 rings (SSSR count). The number of fused-ring (bicyclic) bond motifs is 14. The molecule has 0 saturated heterocycles. The van der Waals surface area contributed by atoms with Crippen molar-refractivity contribution in [1.82, 2.24) is 0 Å². The summed E-state index contributed by atoms with van der Waals surface area (Å²) < 4.78 is 6.56. The summed E-state index contributed by atoms with van der Waals surface area (Å²) in [5.74, 6) is 0. The molecular formula is C69H53NO. The Kier molecular flexibility index (Phi) is 9.05. The normalized spacial score (nSPS) is 15.3. The van der Waals surface area contributed by atoms with Crippen LogP contribution in [0.1, 0.15) is 73.9 Å². The molecule has 0 radical (unpaired) electrons. The van der Waals surface area contributed by atoms with Crippen molar-refractivity contribution in [1.29, 1.82) is 0 Å². The van der Waals surface area contributed by atoms with E-state index in [-0.39, 0.29) is 10.8 Å². The molecule has 10 aromatic carbocycles. The lowest BCUT2D eigenvalue weighted by Crippen LogP contribution is -2.34. The Morgan fingerprint density at radius 3 is 1.52 bits per heavy atom. The molecule has 1 aromatic heterocycles. The molecule has 2 nitrogen and oxygen atoms in total. The summed E-state index contributed by atoms with van der Waals surface area (Å²) in [6, 6.07) is 83.8. The van der Waals surface area contributed by atoms with Crippen LogP contribution in [0.4, 0.5) is 17.1 Å². The maximum atomic E-state index is 6.56. The van der Waals surface area contributed by atoms with Gasteiger partial charge in [0.1, 0.15) is 11.2 Å². The first-order chi connectivity index (χ1) is 34.7. The standard InChI is InChI=1S/C69H53NO/c1-67(2)40-41-68(3,4)65-49(24-17-30-61(65)67)44-32-34-46(35-33-44)56-42-57-53-22-10-14-29-60(53)69(58-27-12-8-20-51(58)52-21-9-13-28-59(52)69)62(57)43-63(56)70(47-18-6-5-7-19-47)48-38-36-45(37-39-48)50-25-16-26-55-54-23-11-15-31-64(54)71-66(50)55/h5-39,42-43H,40-41H2,1-4H3. The first kappa shape index (κ1) is 41.7. The number of benzene rings is 10. The minimum Gasteiger partial charge on any atom is -0.455 e. The van der Waals surface area contributed by atoms with Crippen LogP contribution in [-0.4, -0.2) is 0 Å². The fraction of sp³-hybridized carbons (Fsp3) is 0.130. The van der Waals surface area contributed by atoms with Crippen LogP contribution in [0.2, 0.25) is 0 Å². The number of furan rings is 1. The van der Waals surface area contributed by atoms with Gasteiger partial charge in [-0.1, -0.05) is 210 Å². The van der Waals surface area contributed by atoms with Crippen LogP contribution in [0.3, 0.4) is 0 Å². The van der Waals surface area contributed by atoms with Gasteiger partial charge in [-0.2, -0.15) is 0 Å². The van der Waals surface area contributed by atoms with E-state index in [9.17, 15) is 0 Å². The van der Waals surface area contributed by atoms with Crippen LogP contribution in [0.25, 0.3) is 77.6 Å². The molecule has 0 N–H and O–H groups in total. The zero-order chi connectivity index (χ0) is 47.6. The molecular weight excluding hydrogens is 859 g/mol. The summed E-state index contributed by atoms with van der Waals surface area (Å²) >= 11 is 0. The van der Waals surface area contributed by atoms with Crippen LogP contribution >= 0.6 is 0 Å². The first-order valence-corrected chi connectivity index (χ1v) is 25.3. The smallest absolute Gasteiger partial charge is 0.143 e. The summed E-state index contributed by atoms with van der Waals surface area (Å²) in [5.41, 5.74) is 25.4. The molecule has 0 amide bonds. The first-order valence-electron chi connectivity index (χ1n) is 25.3. The zero-order valence-corrected chi connectivity index (χ0v) is 40.6. The van der Waals surface area contributed by atoms with E-state index in [1.165, 1.54) is 90.7 Å². The fourth-order valence-electron chi connectivity index (χ4n) is 13.1. The Labute approximate surface area is 416 Å². The van der Waals surface area contributed by atoms with Crippen LogP contribution in [0, 0.1) is 0 Å². The van der Waals surface area contributed by atoms with Gasteiger partial charge in [-0.3, -0.25) is 0 Å². The van der Waals surface area contributed by atoms with Gasteiger partial charge in [0.05, 0.1) is 11.1 Å². The van der Waals surface area contributed by atoms with Crippen LogP contribution in [-0.2, 0) is 16.2 Å². The molecule has 0 fully saturated rings. The van der Waals surface area contributed by atoms with E-state index in [2.05, 4.69) is 251 Å². The lowest BCUT2D eigenvalue weighted by molar-refractivity contribution is 0.333. The fourth-order valence-corrected chi connectivity index (χ4v) is 13.1. The van der Waals surface area contributed by atoms with Gasteiger partial charge in [0.25, 0.3) is 0 Å². The third-order valence-corrected chi connectivity index (χ3v) is 16.6. The molecule has 3 aliphatic carbocycles. The SMILES string of the molecule is CC1(C)CCC(C)(C)c2c(-c3ccc(-c4cc5c(cc4N(c4ccccc4)c4ccc(-c6cccc7c6oc6ccccc67)cc4)C4(c6ccccc6-c6ccccc64)c4ccccc4-5)cc3)cccc21. The van der Waals surface area contributed by atoms with Gasteiger partial charge in [-0.15, -0.1) is 0 Å². The molecule has 340 valence electrons. The summed E-state index contributed by atoms with van der Waals surface area (Å²) in [7, 11) is 0. The number of anilines is 3. The number of nitrogens with zero attached hydrogens (tertiary/aromatic N) is 1. The highest BCUT2D eigenvalue weighted by atomic mass is 16.3. The van der Waals surface area contributed by atoms with Crippen LogP contribution < -0.4 is 4.90 Å². The minimum atomic E-state index is -0.499. The predicted octanol–water partition coefficient (Wildman–Crippen LogP) is 18.7. The molecule has 1 spiro atoms. The molecule has 0 bridgehead atoms. The molecule has 0 atom stereocenters. The monoisotopic (exact) mass is 911 g/mol. The highest BCUT2D eigenvalue weighted by Gasteiger charge is 2.52. The number of hydrogen-bond donors (Lipinski definition) is 0. The van der Waals surface area contributed by atoms with E-state index >= 15 is 0 Å². The summed E-state index contributed by atoms with van der Waals surface area (Å²) in [5, 5.41) is 2.27. The van der Waals surface area contributed by atoms with Gasteiger partial charge < -0.3 is 9.32 Å². The van der Waals surface area contributed by atoms with Crippen LogP contribution in [0.5, 0.6) is 0 Å². The molecule has 1 heterocycles. The molecule has 11 aromatic rings. The van der Waals surface area contributed by atoms with Crippen molar-refractivity contribution in [3.63, 3.8) is 0 Å². The van der Waals surface area contributed by atoms with Crippen molar-refractivity contribution < 1.29 is 4.42 Å². The molecule has 2 heteroatoms. The van der Waals surface area contributed by atoms with Crippen molar-refractivity contribution >= 4 is 39.0 Å². The third kappa shape index (κ3) is 6.07.